The Hall–Kier alpha value is -0.930. The van der Waals surface area contributed by atoms with Gasteiger partial charge >= 0.3 is 0 Å². The number of rotatable bonds is 4. The maximum absolute atomic E-state index is 12.8. The summed E-state index contributed by atoms with van der Waals surface area (Å²) in [6, 6.07) is 3.86. The van der Waals surface area contributed by atoms with E-state index in [-0.39, 0.29) is 17.2 Å². The maximum Gasteiger partial charge on any atom is 0.168 e. The van der Waals surface area contributed by atoms with Crippen molar-refractivity contribution in [2.45, 2.75) is 32.3 Å². The number of carbonyl (C=O) groups excluding carboxylic acids is 1. The predicted octanol–water partition coefficient (Wildman–Crippen LogP) is 2.75. The third-order valence-electron chi connectivity index (χ3n) is 2.66. The fourth-order valence-corrected chi connectivity index (χ4v) is 1.46. The minimum Gasteiger partial charge on any atom is -0.382 e. The summed E-state index contributed by atoms with van der Waals surface area (Å²) < 4.78 is 12.8. The Bertz CT molecular complexity index is 402. The summed E-state index contributed by atoms with van der Waals surface area (Å²) >= 11 is 5.79. The minimum absolute atomic E-state index is 0.0138. The lowest BCUT2D eigenvalue weighted by molar-refractivity contribution is -0.135. The van der Waals surface area contributed by atoms with Crippen LogP contribution in [-0.4, -0.2) is 16.5 Å². The molecule has 1 unspecified atom stereocenters. The molecule has 0 bridgehead atoms. The Morgan fingerprint density at radius 3 is 2.69 bits per heavy atom. The first-order chi connectivity index (χ1) is 7.36. The highest BCUT2D eigenvalue weighted by Crippen LogP contribution is 2.21. The van der Waals surface area contributed by atoms with E-state index in [1.807, 2.05) is 0 Å². The third-order valence-corrected chi connectivity index (χ3v) is 3.01. The van der Waals surface area contributed by atoms with E-state index >= 15 is 0 Å². The van der Waals surface area contributed by atoms with Crippen molar-refractivity contribution in [3.05, 3.63) is 34.6 Å². The van der Waals surface area contributed by atoms with Crippen LogP contribution in [0.25, 0.3) is 0 Å². The highest BCUT2D eigenvalue weighted by atomic mass is 35.5. The molecule has 0 fully saturated rings. The summed E-state index contributed by atoms with van der Waals surface area (Å²) in [5, 5.41) is 9.94. The monoisotopic (exact) mass is 244 g/mol. The van der Waals surface area contributed by atoms with E-state index in [0.717, 1.165) is 6.07 Å². The molecule has 4 heteroatoms. The molecule has 0 saturated heterocycles. The van der Waals surface area contributed by atoms with Crippen molar-refractivity contribution in [2.24, 2.45) is 0 Å². The van der Waals surface area contributed by atoms with E-state index in [1.54, 1.807) is 6.92 Å². The molecule has 0 saturated carbocycles. The van der Waals surface area contributed by atoms with Crippen LogP contribution >= 0.6 is 11.6 Å². The summed E-state index contributed by atoms with van der Waals surface area (Å²) in [5.74, 6) is -0.757. The molecule has 2 nitrogen and oxygen atoms in total. The summed E-state index contributed by atoms with van der Waals surface area (Å²) in [5.41, 5.74) is -0.820. The number of aliphatic hydroxyl groups is 1. The van der Waals surface area contributed by atoms with E-state index in [9.17, 15) is 14.3 Å². The molecule has 1 atom stereocenters. The Kier molecular flexibility index (Phi) is 4.05. The Morgan fingerprint density at radius 2 is 2.19 bits per heavy atom. The second kappa shape index (κ2) is 4.93. The first kappa shape index (κ1) is 13.1. The summed E-state index contributed by atoms with van der Waals surface area (Å²) in [7, 11) is 0. The van der Waals surface area contributed by atoms with Crippen molar-refractivity contribution in [3.8, 4) is 0 Å². The highest BCUT2D eigenvalue weighted by Gasteiger charge is 2.27. The SMILES string of the molecule is CCC(C)(O)C(=O)Cc1ccc(F)cc1Cl. The fourth-order valence-electron chi connectivity index (χ4n) is 1.23. The molecule has 1 aromatic rings. The molecule has 0 aliphatic rings. The Labute approximate surface area is 99.0 Å². The maximum atomic E-state index is 12.8. The molecule has 88 valence electrons. The molecule has 0 aromatic heterocycles. The van der Waals surface area contributed by atoms with Gasteiger partial charge in [-0.1, -0.05) is 24.6 Å². The van der Waals surface area contributed by atoms with E-state index in [0.29, 0.717) is 12.0 Å². The number of hydrogen-bond acceptors (Lipinski definition) is 2. The van der Waals surface area contributed by atoms with E-state index in [2.05, 4.69) is 0 Å². The molecule has 16 heavy (non-hydrogen) atoms. The van der Waals surface area contributed by atoms with Crippen LogP contribution in [0.15, 0.2) is 18.2 Å². The van der Waals surface area contributed by atoms with Gasteiger partial charge in [-0.2, -0.15) is 0 Å². The van der Waals surface area contributed by atoms with Crippen molar-refractivity contribution >= 4 is 17.4 Å². The van der Waals surface area contributed by atoms with Gasteiger partial charge < -0.3 is 5.11 Å². The van der Waals surface area contributed by atoms with Gasteiger partial charge in [0, 0.05) is 11.4 Å². The molecule has 0 spiro atoms. The van der Waals surface area contributed by atoms with E-state index in [1.165, 1.54) is 19.1 Å². The van der Waals surface area contributed by atoms with Crippen LogP contribution in [-0.2, 0) is 11.2 Å². The average molecular weight is 245 g/mol. The van der Waals surface area contributed by atoms with E-state index < -0.39 is 11.4 Å². The van der Waals surface area contributed by atoms with Gasteiger partial charge in [-0.05, 0) is 31.0 Å². The smallest absolute Gasteiger partial charge is 0.168 e. The van der Waals surface area contributed by atoms with Crippen molar-refractivity contribution in [1.29, 1.82) is 0 Å². The van der Waals surface area contributed by atoms with Gasteiger partial charge in [0.2, 0.25) is 0 Å². The first-order valence-corrected chi connectivity index (χ1v) is 5.44. The lowest BCUT2D eigenvalue weighted by Crippen LogP contribution is -2.35. The van der Waals surface area contributed by atoms with Gasteiger partial charge in [0.15, 0.2) is 5.78 Å². The van der Waals surface area contributed by atoms with Gasteiger partial charge in [0.25, 0.3) is 0 Å². The summed E-state index contributed by atoms with van der Waals surface area (Å²) in [6.45, 7) is 3.19. The zero-order valence-corrected chi connectivity index (χ0v) is 10.0. The first-order valence-electron chi connectivity index (χ1n) is 5.06. The zero-order chi connectivity index (χ0) is 12.3. The molecular weight excluding hydrogens is 231 g/mol. The fraction of sp³-hybridized carbons (Fsp3) is 0.417. The number of hydrogen-bond donors (Lipinski definition) is 1. The normalized spacial score (nSPS) is 14.6. The number of halogens is 2. The lowest BCUT2D eigenvalue weighted by atomic mass is 9.93. The zero-order valence-electron chi connectivity index (χ0n) is 9.26. The summed E-state index contributed by atoms with van der Waals surface area (Å²) in [6.07, 6.45) is 0.352. The third kappa shape index (κ3) is 3.03. The molecule has 0 radical (unpaired) electrons. The van der Waals surface area contributed by atoms with Gasteiger partial charge in [-0.15, -0.1) is 0 Å². The van der Waals surface area contributed by atoms with Crippen molar-refractivity contribution in [1.82, 2.24) is 0 Å². The van der Waals surface area contributed by atoms with Gasteiger partial charge in [-0.25, -0.2) is 4.39 Å². The average Bonchev–Trinajstić information content (AvgIpc) is 2.22. The van der Waals surface area contributed by atoms with Gasteiger partial charge in [-0.3, -0.25) is 4.79 Å². The highest BCUT2D eigenvalue weighted by molar-refractivity contribution is 6.31. The van der Waals surface area contributed by atoms with Crippen LogP contribution < -0.4 is 0 Å². The predicted molar refractivity (Wildman–Crippen MR) is 61.0 cm³/mol. The molecule has 0 aliphatic heterocycles. The standard InChI is InChI=1S/C12H14ClFO2/c1-3-12(2,16)11(15)6-8-4-5-9(14)7-10(8)13/h4-5,7,16H,3,6H2,1-2H3. The molecule has 1 N–H and O–H groups in total. The van der Waals surface area contributed by atoms with Crippen LogP contribution in [0.5, 0.6) is 0 Å². The number of carbonyl (C=O) groups is 1. The second-order valence-electron chi connectivity index (χ2n) is 3.96. The van der Waals surface area contributed by atoms with Crippen LogP contribution in [0, 0.1) is 5.82 Å². The lowest BCUT2D eigenvalue weighted by Gasteiger charge is -2.19. The molecular formula is C12H14ClFO2. The summed E-state index contributed by atoms with van der Waals surface area (Å²) in [4.78, 5) is 11.7. The Morgan fingerprint density at radius 1 is 1.56 bits per heavy atom. The molecule has 0 aliphatic carbocycles. The van der Waals surface area contributed by atoms with Crippen molar-refractivity contribution in [2.75, 3.05) is 0 Å². The van der Waals surface area contributed by atoms with Crippen LogP contribution in [0.4, 0.5) is 4.39 Å². The van der Waals surface area contributed by atoms with Gasteiger partial charge in [0.05, 0.1) is 0 Å². The Balaban J connectivity index is 2.85. The second-order valence-corrected chi connectivity index (χ2v) is 4.37. The van der Waals surface area contributed by atoms with Crippen LogP contribution in [0.2, 0.25) is 5.02 Å². The molecule has 1 aromatic carbocycles. The quantitative estimate of drug-likeness (QED) is 0.884. The van der Waals surface area contributed by atoms with Crippen LogP contribution in [0.1, 0.15) is 25.8 Å². The topological polar surface area (TPSA) is 37.3 Å². The number of ketones is 1. The molecule has 0 amide bonds. The molecule has 0 heterocycles. The molecule has 1 rings (SSSR count). The van der Waals surface area contributed by atoms with Gasteiger partial charge in [0.1, 0.15) is 11.4 Å². The minimum atomic E-state index is -1.35. The van der Waals surface area contributed by atoms with Crippen molar-refractivity contribution < 1.29 is 14.3 Å². The number of Topliss-reactive ketones (excluding diaryl/α,β-unsaturated/α-hetero) is 1. The van der Waals surface area contributed by atoms with E-state index in [4.69, 9.17) is 11.6 Å². The van der Waals surface area contributed by atoms with Crippen molar-refractivity contribution in [3.63, 3.8) is 0 Å². The van der Waals surface area contributed by atoms with Crippen LogP contribution in [0.3, 0.4) is 0 Å². The number of benzene rings is 1. The largest absolute Gasteiger partial charge is 0.382 e.